The van der Waals surface area contributed by atoms with Crippen LogP contribution in [0.3, 0.4) is 0 Å². The van der Waals surface area contributed by atoms with Crippen LogP contribution in [0.4, 0.5) is 11.4 Å². The van der Waals surface area contributed by atoms with Gasteiger partial charge < -0.3 is 19.9 Å². The molecule has 6 nitrogen and oxygen atoms in total. The largest absolute Gasteiger partial charge is 0.482 e. The highest BCUT2D eigenvalue weighted by Crippen LogP contribution is 2.34. The molecular formula is C17H19N3O3S. The highest BCUT2D eigenvalue weighted by molar-refractivity contribution is 7.12. The van der Waals surface area contributed by atoms with Crippen LogP contribution in [0, 0.1) is 0 Å². The zero-order valence-electron chi connectivity index (χ0n) is 13.6. The summed E-state index contributed by atoms with van der Waals surface area (Å²) in [5.41, 5.74) is 1.33. The second kappa shape index (κ2) is 7.02. The molecule has 0 radical (unpaired) electrons. The van der Waals surface area contributed by atoms with Crippen LogP contribution in [0.5, 0.6) is 5.75 Å². The first-order chi connectivity index (χ1) is 11.5. The molecule has 2 amide bonds. The predicted molar refractivity (Wildman–Crippen MR) is 95.1 cm³/mol. The minimum absolute atomic E-state index is 0.0430. The molecule has 24 heavy (non-hydrogen) atoms. The van der Waals surface area contributed by atoms with Gasteiger partial charge in [0.05, 0.1) is 10.6 Å². The van der Waals surface area contributed by atoms with E-state index in [1.54, 1.807) is 29.2 Å². The van der Waals surface area contributed by atoms with Crippen LogP contribution in [-0.2, 0) is 4.79 Å². The summed E-state index contributed by atoms with van der Waals surface area (Å²) in [6.07, 6.45) is 0. The average molecular weight is 345 g/mol. The number of hydrogen-bond donors (Lipinski definition) is 1. The molecule has 0 saturated carbocycles. The van der Waals surface area contributed by atoms with E-state index in [4.69, 9.17) is 4.74 Å². The van der Waals surface area contributed by atoms with Crippen LogP contribution in [-0.4, -0.2) is 50.5 Å². The van der Waals surface area contributed by atoms with Crippen molar-refractivity contribution in [3.63, 3.8) is 0 Å². The number of amides is 2. The minimum atomic E-state index is -0.159. The molecule has 2 heterocycles. The lowest BCUT2D eigenvalue weighted by Crippen LogP contribution is -2.42. The predicted octanol–water partition coefficient (Wildman–Crippen LogP) is 2.29. The highest BCUT2D eigenvalue weighted by atomic mass is 32.1. The van der Waals surface area contributed by atoms with E-state index in [1.807, 2.05) is 30.4 Å². The fourth-order valence-electron chi connectivity index (χ4n) is 2.43. The first kappa shape index (κ1) is 16.5. The zero-order valence-corrected chi connectivity index (χ0v) is 14.4. The molecule has 0 fully saturated rings. The van der Waals surface area contributed by atoms with E-state index in [1.165, 1.54) is 11.3 Å². The molecule has 0 aliphatic carbocycles. The minimum Gasteiger partial charge on any atom is -0.482 e. The van der Waals surface area contributed by atoms with Crippen molar-refractivity contribution in [1.82, 2.24) is 4.90 Å². The van der Waals surface area contributed by atoms with Gasteiger partial charge in [0.15, 0.2) is 6.61 Å². The standard InChI is InChI=1S/C17H19N3O3S/c1-19(2)7-8-20-13-10-12(5-6-14(13)23-11-16(20)21)18-17(22)15-4-3-9-24-15/h3-6,9-10H,7-8,11H2,1-2H3,(H,18,22). The Kier molecular flexibility index (Phi) is 4.82. The van der Waals surface area contributed by atoms with E-state index in [-0.39, 0.29) is 18.4 Å². The van der Waals surface area contributed by atoms with Crippen molar-refractivity contribution >= 4 is 34.5 Å². The molecule has 0 atom stereocenters. The van der Waals surface area contributed by atoms with Crippen molar-refractivity contribution in [2.75, 3.05) is 44.0 Å². The molecule has 1 aliphatic heterocycles. The number of thiophene rings is 1. The number of carbonyl (C=O) groups excluding carboxylic acids is 2. The van der Waals surface area contributed by atoms with Crippen molar-refractivity contribution in [3.05, 3.63) is 40.6 Å². The van der Waals surface area contributed by atoms with Gasteiger partial charge in [0.2, 0.25) is 0 Å². The van der Waals surface area contributed by atoms with Crippen LogP contribution in [0.25, 0.3) is 0 Å². The van der Waals surface area contributed by atoms with Crippen LogP contribution >= 0.6 is 11.3 Å². The summed E-state index contributed by atoms with van der Waals surface area (Å²) in [6, 6.07) is 8.96. The first-order valence-electron chi connectivity index (χ1n) is 7.61. The van der Waals surface area contributed by atoms with Gasteiger partial charge in [-0.25, -0.2) is 0 Å². The fraction of sp³-hybridized carbons (Fsp3) is 0.294. The molecule has 0 bridgehead atoms. The molecule has 3 rings (SSSR count). The van der Waals surface area contributed by atoms with Crippen molar-refractivity contribution < 1.29 is 14.3 Å². The van der Waals surface area contributed by atoms with E-state index in [2.05, 4.69) is 5.32 Å². The Morgan fingerprint density at radius 1 is 1.38 bits per heavy atom. The van der Waals surface area contributed by atoms with Crippen molar-refractivity contribution in [3.8, 4) is 5.75 Å². The van der Waals surface area contributed by atoms with Gasteiger partial charge >= 0.3 is 0 Å². The molecule has 1 aliphatic rings. The van der Waals surface area contributed by atoms with Crippen molar-refractivity contribution in [1.29, 1.82) is 0 Å². The van der Waals surface area contributed by atoms with Gasteiger partial charge in [-0.05, 0) is 43.7 Å². The number of likely N-dealkylation sites (N-methyl/N-ethyl adjacent to an activating group) is 1. The maximum absolute atomic E-state index is 12.2. The second-order valence-electron chi connectivity index (χ2n) is 5.75. The number of benzene rings is 1. The van der Waals surface area contributed by atoms with E-state index in [0.29, 0.717) is 28.5 Å². The maximum atomic E-state index is 12.2. The van der Waals surface area contributed by atoms with Gasteiger partial charge in [0.1, 0.15) is 5.75 Å². The number of anilines is 2. The summed E-state index contributed by atoms with van der Waals surface area (Å²) in [7, 11) is 3.92. The summed E-state index contributed by atoms with van der Waals surface area (Å²) >= 11 is 1.38. The van der Waals surface area contributed by atoms with Gasteiger partial charge in [0.25, 0.3) is 11.8 Å². The Hall–Kier alpha value is -2.38. The third-order valence-corrected chi connectivity index (χ3v) is 4.54. The van der Waals surface area contributed by atoms with Gasteiger partial charge in [-0.15, -0.1) is 11.3 Å². The van der Waals surface area contributed by atoms with Gasteiger partial charge in [-0.1, -0.05) is 6.07 Å². The third-order valence-electron chi connectivity index (χ3n) is 3.68. The highest BCUT2D eigenvalue weighted by Gasteiger charge is 2.25. The Labute approximate surface area is 144 Å². The van der Waals surface area contributed by atoms with Gasteiger partial charge in [0, 0.05) is 18.8 Å². The number of ether oxygens (including phenoxy) is 1. The van der Waals surface area contributed by atoms with Gasteiger partial charge in [-0.2, -0.15) is 0 Å². The summed E-state index contributed by atoms with van der Waals surface area (Å²) < 4.78 is 5.49. The Balaban J connectivity index is 1.82. The van der Waals surface area contributed by atoms with Crippen molar-refractivity contribution in [2.45, 2.75) is 0 Å². The van der Waals surface area contributed by atoms with E-state index >= 15 is 0 Å². The topological polar surface area (TPSA) is 61.9 Å². The summed E-state index contributed by atoms with van der Waals surface area (Å²) in [4.78, 5) is 28.7. The lowest BCUT2D eigenvalue weighted by atomic mass is 10.2. The Morgan fingerprint density at radius 3 is 2.92 bits per heavy atom. The van der Waals surface area contributed by atoms with Crippen LogP contribution in [0.1, 0.15) is 9.67 Å². The van der Waals surface area contributed by atoms with E-state index in [9.17, 15) is 9.59 Å². The molecule has 0 saturated heterocycles. The van der Waals surface area contributed by atoms with Crippen LogP contribution < -0.4 is 15.0 Å². The lowest BCUT2D eigenvalue weighted by molar-refractivity contribution is -0.121. The van der Waals surface area contributed by atoms with E-state index in [0.717, 1.165) is 6.54 Å². The number of carbonyl (C=O) groups is 2. The Morgan fingerprint density at radius 2 is 2.21 bits per heavy atom. The number of nitrogens with zero attached hydrogens (tertiary/aromatic N) is 2. The quantitative estimate of drug-likeness (QED) is 0.903. The summed E-state index contributed by atoms with van der Waals surface area (Å²) in [5, 5.41) is 4.72. The van der Waals surface area contributed by atoms with Gasteiger partial charge in [-0.3, -0.25) is 9.59 Å². The van der Waals surface area contributed by atoms with Crippen molar-refractivity contribution in [2.24, 2.45) is 0 Å². The molecule has 0 spiro atoms. The first-order valence-corrected chi connectivity index (χ1v) is 8.49. The zero-order chi connectivity index (χ0) is 17.1. The number of fused-ring (bicyclic) bond motifs is 1. The molecule has 0 unspecified atom stereocenters. The number of nitrogens with one attached hydrogen (secondary N) is 1. The molecule has 2 aromatic rings. The fourth-order valence-corrected chi connectivity index (χ4v) is 3.04. The molecule has 1 aromatic heterocycles. The number of hydrogen-bond acceptors (Lipinski definition) is 5. The monoisotopic (exact) mass is 345 g/mol. The smallest absolute Gasteiger partial charge is 0.265 e. The molecule has 7 heteroatoms. The Bertz CT molecular complexity index is 744. The molecule has 1 N–H and O–H groups in total. The summed E-state index contributed by atoms with van der Waals surface area (Å²) in [5.74, 6) is 0.418. The van der Waals surface area contributed by atoms with Crippen LogP contribution in [0.15, 0.2) is 35.7 Å². The lowest BCUT2D eigenvalue weighted by Gasteiger charge is -2.30. The SMILES string of the molecule is CN(C)CCN1C(=O)COc2ccc(NC(=O)c3cccs3)cc21. The maximum Gasteiger partial charge on any atom is 0.265 e. The second-order valence-corrected chi connectivity index (χ2v) is 6.70. The van der Waals surface area contributed by atoms with Crippen LogP contribution in [0.2, 0.25) is 0 Å². The average Bonchev–Trinajstić information content (AvgIpc) is 3.08. The molecular weight excluding hydrogens is 326 g/mol. The number of rotatable bonds is 5. The summed E-state index contributed by atoms with van der Waals surface area (Å²) in [6.45, 7) is 1.36. The normalized spacial score (nSPS) is 13.6. The molecule has 126 valence electrons. The third kappa shape index (κ3) is 3.58. The molecule has 1 aromatic carbocycles. The van der Waals surface area contributed by atoms with E-state index < -0.39 is 0 Å².